The van der Waals surface area contributed by atoms with Crippen LogP contribution in [0.5, 0.6) is 0 Å². The van der Waals surface area contributed by atoms with Gasteiger partial charge < -0.3 is 9.67 Å². The number of benzene rings is 2. The number of aliphatic carboxylic acids is 1. The van der Waals surface area contributed by atoms with E-state index in [1.165, 1.54) is 0 Å². The number of rotatable bonds is 3. The van der Waals surface area contributed by atoms with Gasteiger partial charge in [0.1, 0.15) is 12.4 Å². The summed E-state index contributed by atoms with van der Waals surface area (Å²) < 4.78 is 1.67. The molecule has 0 saturated heterocycles. The normalized spacial score (nSPS) is 10.4. The molecule has 0 radical (unpaired) electrons. The molecule has 0 aliphatic rings. The summed E-state index contributed by atoms with van der Waals surface area (Å²) in [6, 6.07) is 16.4. The van der Waals surface area contributed by atoms with Crippen molar-refractivity contribution in [3.63, 3.8) is 0 Å². The first kappa shape index (κ1) is 12.9. The number of aromatic nitrogens is 2. The summed E-state index contributed by atoms with van der Waals surface area (Å²) in [7, 11) is 0. The minimum Gasteiger partial charge on any atom is -0.480 e. The van der Waals surface area contributed by atoms with Crippen LogP contribution >= 0.6 is 0 Å². The van der Waals surface area contributed by atoms with Crippen molar-refractivity contribution in [3.8, 4) is 17.5 Å². The Labute approximate surface area is 120 Å². The van der Waals surface area contributed by atoms with Gasteiger partial charge in [-0.1, -0.05) is 12.1 Å². The lowest BCUT2D eigenvalue weighted by Crippen LogP contribution is -2.09. The molecule has 3 aromatic rings. The van der Waals surface area contributed by atoms with Gasteiger partial charge in [-0.25, -0.2) is 4.98 Å². The Morgan fingerprint density at radius 3 is 2.57 bits per heavy atom. The van der Waals surface area contributed by atoms with E-state index in [0.29, 0.717) is 11.4 Å². The fourth-order valence-electron chi connectivity index (χ4n) is 2.29. The molecule has 5 heteroatoms. The molecule has 0 unspecified atom stereocenters. The highest BCUT2D eigenvalue weighted by Gasteiger charge is 2.14. The van der Waals surface area contributed by atoms with E-state index in [4.69, 9.17) is 10.4 Å². The van der Waals surface area contributed by atoms with Gasteiger partial charge in [-0.15, -0.1) is 0 Å². The van der Waals surface area contributed by atoms with Crippen molar-refractivity contribution in [1.82, 2.24) is 9.55 Å². The number of imidazole rings is 1. The number of nitriles is 1. The lowest BCUT2D eigenvalue weighted by Gasteiger charge is -2.06. The highest BCUT2D eigenvalue weighted by Crippen LogP contribution is 2.25. The first-order chi connectivity index (χ1) is 10.2. The molecule has 0 amide bonds. The van der Waals surface area contributed by atoms with Crippen LogP contribution in [0, 0.1) is 11.3 Å². The molecule has 0 saturated carbocycles. The zero-order valence-corrected chi connectivity index (χ0v) is 11.0. The van der Waals surface area contributed by atoms with Crippen LogP contribution in [-0.2, 0) is 11.3 Å². The molecule has 0 atom stereocenters. The summed E-state index contributed by atoms with van der Waals surface area (Å²) in [4.78, 5) is 15.6. The second-order valence-electron chi connectivity index (χ2n) is 4.59. The van der Waals surface area contributed by atoms with Crippen molar-refractivity contribution >= 4 is 17.0 Å². The van der Waals surface area contributed by atoms with Crippen LogP contribution in [0.3, 0.4) is 0 Å². The SMILES string of the molecule is N#Cc1ccc(-c2nc3ccccc3n2CC(=O)O)cc1. The average molecular weight is 277 g/mol. The second kappa shape index (κ2) is 5.10. The van der Waals surface area contributed by atoms with E-state index in [0.717, 1.165) is 16.6 Å². The molecular formula is C16H11N3O2. The molecule has 3 rings (SSSR count). The van der Waals surface area contributed by atoms with Crippen LogP contribution in [0.15, 0.2) is 48.5 Å². The average Bonchev–Trinajstić information content (AvgIpc) is 2.86. The maximum Gasteiger partial charge on any atom is 0.323 e. The highest BCUT2D eigenvalue weighted by molar-refractivity contribution is 5.82. The van der Waals surface area contributed by atoms with Crippen LogP contribution in [-0.4, -0.2) is 20.6 Å². The number of hydrogen-bond donors (Lipinski definition) is 1. The van der Waals surface area contributed by atoms with Crippen LogP contribution in [0.1, 0.15) is 5.56 Å². The first-order valence-electron chi connectivity index (χ1n) is 6.36. The lowest BCUT2D eigenvalue weighted by atomic mass is 10.1. The standard InChI is InChI=1S/C16H11N3O2/c17-9-11-5-7-12(8-6-11)16-18-13-3-1-2-4-14(13)19(16)10-15(20)21/h1-8H,10H2,(H,20,21). The number of carboxylic acids is 1. The van der Waals surface area contributed by atoms with Gasteiger partial charge in [0, 0.05) is 5.56 Å². The van der Waals surface area contributed by atoms with E-state index in [2.05, 4.69) is 11.1 Å². The van der Waals surface area contributed by atoms with E-state index < -0.39 is 5.97 Å². The van der Waals surface area contributed by atoms with Crippen LogP contribution in [0.4, 0.5) is 0 Å². The number of carboxylic acid groups (broad SMARTS) is 1. The predicted molar refractivity (Wildman–Crippen MR) is 77.5 cm³/mol. The van der Waals surface area contributed by atoms with Gasteiger partial charge in [-0.2, -0.15) is 5.26 Å². The number of nitrogens with zero attached hydrogens (tertiary/aromatic N) is 3. The van der Waals surface area contributed by atoms with E-state index in [1.54, 1.807) is 28.8 Å². The molecule has 1 heterocycles. The molecule has 102 valence electrons. The summed E-state index contributed by atoms with van der Waals surface area (Å²) >= 11 is 0. The Bertz CT molecular complexity index is 857. The van der Waals surface area contributed by atoms with Crippen molar-refractivity contribution in [2.75, 3.05) is 0 Å². The zero-order chi connectivity index (χ0) is 14.8. The van der Waals surface area contributed by atoms with E-state index >= 15 is 0 Å². The monoisotopic (exact) mass is 277 g/mol. The van der Waals surface area contributed by atoms with Gasteiger partial charge in [-0.05, 0) is 36.4 Å². The van der Waals surface area contributed by atoms with Crippen LogP contribution < -0.4 is 0 Å². The van der Waals surface area contributed by atoms with Gasteiger partial charge in [0.05, 0.1) is 22.7 Å². The molecular weight excluding hydrogens is 266 g/mol. The molecule has 0 fully saturated rings. The Balaban J connectivity index is 2.20. The van der Waals surface area contributed by atoms with Gasteiger partial charge >= 0.3 is 5.97 Å². The topological polar surface area (TPSA) is 78.9 Å². The molecule has 2 aromatic carbocycles. The van der Waals surface area contributed by atoms with E-state index in [-0.39, 0.29) is 6.54 Å². The fraction of sp³-hybridized carbons (Fsp3) is 0.0625. The Kier molecular flexibility index (Phi) is 3.13. The maximum atomic E-state index is 11.1. The highest BCUT2D eigenvalue weighted by atomic mass is 16.4. The molecule has 1 aromatic heterocycles. The Morgan fingerprint density at radius 1 is 1.19 bits per heavy atom. The molecule has 5 nitrogen and oxygen atoms in total. The minimum atomic E-state index is -0.923. The smallest absolute Gasteiger partial charge is 0.323 e. The lowest BCUT2D eigenvalue weighted by molar-refractivity contribution is -0.137. The van der Waals surface area contributed by atoms with Gasteiger partial charge in [0.25, 0.3) is 0 Å². The molecule has 0 bridgehead atoms. The van der Waals surface area contributed by atoms with Crippen molar-refractivity contribution in [2.24, 2.45) is 0 Å². The minimum absolute atomic E-state index is 0.157. The molecule has 1 N–H and O–H groups in total. The largest absolute Gasteiger partial charge is 0.480 e. The maximum absolute atomic E-state index is 11.1. The van der Waals surface area contributed by atoms with Crippen molar-refractivity contribution in [1.29, 1.82) is 5.26 Å². The summed E-state index contributed by atoms with van der Waals surface area (Å²) in [6.45, 7) is -0.157. The van der Waals surface area contributed by atoms with Crippen LogP contribution in [0.25, 0.3) is 22.4 Å². The van der Waals surface area contributed by atoms with E-state index in [1.807, 2.05) is 24.3 Å². The number of fused-ring (bicyclic) bond motifs is 1. The third kappa shape index (κ3) is 2.35. The summed E-state index contributed by atoms with van der Waals surface area (Å²) in [6.07, 6.45) is 0. The first-order valence-corrected chi connectivity index (χ1v) is 6.36. The summed E-state index contributed by atoms with van der Waals surface area (Å²) in [5, 5.41) is 17.9. The number of hydrogen-bond acceptors (Lipinski definition) is 3. The summed E-state index contributed by atoms with van der Waals surface area (Å²) in [5.41, 5.74) is 2.86. The van der Waals surface area contributed by atoms with Crippen molar-refractivity contribution in [2.45, 2.75) is 6.54 Å². The molecule has 0 spiro atoms. The Morgan fingerprint density at radius 2 is 1.90 bits per heavy atom. The fourth-order valence-corrected chi connectivity index (χ4v) is 2.29. The van der Waals surface area contributed by atoms with Gasteiger partial charge in [0.15, 0.2) is 0 Å². The Hall–Kier alpha value is -3.13. The third-order valence-electron chi connectivity index (χ3n) is 3.22. The second-order valence-corrected chi connectivity index (χ2v) is 4.59. The third-order valence-corrected chi connectivity index (χ3v) is 3.22. The van der Waals surface area contributed by atoms with Gasteiger partial charge in [0.2, 0.25) is 0 Å². The van der Waals surface area contributed by atoms with Gasteiger partial charge in [-0.3, -0.25) is 4.79 Å². The number of para-hydroxylation sites is 2. The molecule has 0 aliphatic heterocycles. The van der Waals surface area contributed by atoms with Crippen molar-refractivity contribution in [3.05, 3.63) is 54.1 Å². The van der Waals surface area contributed by atoms with Crippen molar-refractivity contribution < 1.29 is 9.90 Å². The summed E-state index contributed by atoms with van der Waals surface area (Å²) in [5.74, 6) is -0.337. The predicted octanol–water partition coefficient (Wildman–Crippen LogP) is 2.66. The van der Waals surface area contributed by atoms with E-state index in [9.17, 15) is 4.79 Å². The zero-order valence-electron chi connectivity index (χ0n) is 11.0. The quantitative estimate of drug-likeness (QED) is 0.798. The molecule has 21 heavy (non-hydrogen) atoms. The molecule has 0 aliphatic carbocycles. The van der Waals surface area contributed by atoms with Crippen LogP contribution in [0.2, 0.25) is 0 Å². The number of carbonyl (C=O) groups is 1.